The summed E-state index contributed by atoms with van der Waals surface area (Å²) in [6, 6.07) is 14.2. The van der Waals surface area contributed by atoms with Crippen molar-refractivity contribution < 1.29 is 9.66 Å². The highest BCUT2D eigenvalue weighted by Gasteiger charge is 2.20. The first kappa shape index (κ1) is 19.0. The molecule has 2 aromatic carbocycles. The van der Waals surface area contributed by atoms with Gasteiger partial charge in [-0.05, 0) is 24.3 Å². The molecule has 1 aromatic heterocycles. The van der Waals surface area contributed by atoms with Gasteiger partial charge in [0.25, 0.3) is 5.69 Å². The number of rotatable bonds is 6. The third-order valence-corrected chi connectivity index (χ3v) is 4.85. The highest BCUT2D eigenvalue weighted by Crippen LogP contribution is 2.32. The van der Waals surface area contributed by atoms with Gasteiger partial charge in [0, 0.05) is 49.4 Å². The van der Waals surface area contributed by atoms with E-state index in [1.165, 1.54) is 12.1 Å². The van der Waals surface area contributed by atoms with Crippen LogP contribution in [0.5, 0.6) is 0 Å². The number of ether oxygens (including phenoxy) is 1. The lowest BCUT2D eigenvalue weighted by Gasteiger charge is -2.29. The molecular weight excluding hydrogens is 372 g/mol. The van der Waals surface area contributed by atoms with Gasteiger partial charge in [-0.2, -0.15) is 4.98 Å². The second-order valence-corrected chi connectivity index (χ2v) is 6.68. The van der Waals surface area contributed by atoms with Crippen LogP contribution < -0.4 is 15.5 Å². The Morgan fingerprint density at radius 2 is 1.83 bits per heavy atom. The van der Waals surface area contributed by atoms with Crippen LogP contribution in [0.4, 0.5) is 23.1 Å². The average molecular weight is 394 g/mol. The number of fused-ring (bicyclic) bond motifs is 1. The molecule has 9 heteroatoms. The molecule has 0 amide bonds. The number of hydrogen-bond acceptors (Lipinski definition) is 8. The molecule has 2 N–H and O–H groups in total. The van der Waals surface area contributed by atoms with Crippen LogP contribution in [-0.2, 0) is 4.74 Å². The van der Waals surface area contributed by atoms with Crippen LogP contribution in [0, 0.1) is 10.1 Å². The van der Waals surface area contributed by atoms with Crippen LogP contribution in [0.15, 0.2) is 48.5 Å². The van der Waals surface area contributed by atoms with Crippen molar-refractivity contribution in [3.05, 3.63) is 58.6 Å². The Labute approximate surface area is 167 Å². The first-order valence-electron chi connectivity index (χ1n) is 9.49. The van der Waals surface area contributed by atoms with Crippen LogP contribution in [0.2, 0.25) is 0 Å². The fourth-order valence-electron chi connectivity index (χ4n) is 3.40. The van der Waals surface area contributed by atoms with Crippen molar-refractivity contribution in [2.75, 3.05) is 49.2 Å². The molecule has 1 fully saturated rings. The van der Waals surface area contributed by atoms with Crippen molar-refractivity contribution in [2.24, 2.45) is 5.73 Å². The van der Waals surface area contributed by atoms with Crippen LogP contribution >= 0.6 is 0 Å². The van der Waals surface area contributed by atoms with Gasteiger partial charge in [0.05, 0.1) is 23.7 Å². The van der Waals surface area contributed by atoms with Gasteiger partial charge in [-0.1, -0.05) is 12.1 Å². The monoisotopic (exact) mass is 394 g/mol. The molecular formula is C20H22N6O3. The van der Waals surface area contributed by atoms with Crippen molar-refractivity contribution >= 4 is 34.0 Å². The quantitative estimate of drug-likeness (QED) is 0.501. The molecule has 0 aliphatic carbocycles. The van der Waals surface area contributed by atoms with E-state index in [1.807, 2.05) is 29.2 Å². The van der Waals surface area contributed by atoms with Crippen molar-refractivity contribution in [1.82, 2.24) is 9.97 Å². The minimum absolute atomic E-state index is 0.0444. The van der Waals surface area contributed by atoms with Crippen molar-refractivity contribution in [3.63, 3.8) is 0 Å². The smallest absolute Gasteiger partial charge is 0.269 e. The SMILES string of the molecule is NCCN(c1ccc([N+](=O)[O-])cc1)c1nc(N2CCOCC2)nc2ccccc12. The highest BCUT2D eigenvalue weighted by atomic mass is 16.6. The fraction of sp³-hybridized carbons (Fsp3) is 0.300. The average Bonchev–Trinajstić information content (AvgIpc) is 2.77. The molecule has 0 atom stereocenters. The summed E-state index contributed by atoms with van der Waals surface area (Å²) >= 11 is 0. The summed E-state index contributed by atoms with van der Waals surface area (Å²) in [5, 5.41) is 11.9. The third-order valence-electron chi connectivity index (χ3n) is 4.85. The van der Waals surface area contributed by atoms with E-state index in [0.29, 0.717) is 32.3 Å². The zero-order valence-corrected chi connectivity index (χ0v) is 15.9. The van der Waals surface area contributed by atoms with E-state index in [0.717, 1.165) is 35.5 Å². The van der Waals surface area contributed by atoms with E-state index in [4.69, 9.17) is 20.4 Å². The number of benzene rings is 2. The summed E-state index contributed by atoms with van der Waals surface area (Å²) in [7, 11) is 0. The first-order chi connectivity index (χ1) is 14.2. The van der Waals surface area contributed by atoms with Gasteiger partial charge in [0.1, 0.15) is 5.82 Å². The minimum Gasteiger partial charge on any atom is -0.378 e. The van der Waals surface area contributed by atoms with E-state index < -0.39 is 4.92 Å². The van der Waals surface area contributed by atoms with E-state index >= 15 is 0 Å². The van der Waals surface area contributed by atoms with Gasteiger partial charge in [-0.25, -0.2) is 4.98 Å². The van der Waals surface area contributed by atoms with Gasteiger partial charge >= 0.3 is 0 Å². The fourth-order valence-corrected chi connectivity index (χ4v) is 3.40. The maximum atomic E-state index is 11.0. The molecule has 1 saturated heterocycles. The molecule has 0 bridgehead atoms. The highest BCUT2D eigenvalue weighted by molar-refractivity contribution is 5.92. The molecule has 9 nitrogen and oxygen atoms in total. The van der Waals surface area contributed by atoms with E-state index in [2.05, 4.69) is 4.90 Å². The third kappa shape index (κ3) is 3.96. The summed E-state index contributed by atoms with van der Waals surface area (Å²) in [5.74, 6) is 1.38. The molecule has 2 heterocycles. The molecule has 29 heavy (non-hydrogen) atoms. The van der Waals surface area contributed by atoms with E-state index in [1.54, 1.807) is 12.1 Å². The van der Waals surface area contributed by atoms with Crippen LogP contribution in [-0.4, -0.2) is 54.3 Å². The van der Waals surface area contributed by atoms with Crippen LogP contribution in [0.1, 0.15) is 0 Å². The number of para-hydroxylation sites is 1. The second-order valence-electron chi connectivity index (χ2n) is 6.68. The zero-order valence-electron chi connectivity index (χ0n) is 15.9. The predicted molar refractivity (Wildman–Crippen MR) is 112 cm³/mol. The van der Waals surface area contributed by atoms with Gasteiger partial charge in [-0.3, -0.25) is 10.1 Å². The molecule has 4 rings (SSSR count). The lowest BCUT2D eigenvalue weighted by Crippen LogP contribution is -2.37. The molecule has 0 saturated carbocycles. The lowest BCUT2D eigenvalue weighted by molar-refractivity contribution is -0.384. The Kier molecular flexibility index (Phi) is 5.50. The first-order valence-corrected chi connectivity index (χ1v) is 9.49. The minimum atomic E-state index is -0.409. The maximum Gasteiger partial charge on any atom is 0.269 e. The summed E-state index contributed by atoms with van der Waals surface area (Å²) in [6.45, 7) is 3.66. The van der Waals surface area contributed by atoms with E-state index in [-0.39, 0.29) is 5.69 Å². The van der Waals surface area contributed by atoms with Gasteiger partial charge in [0.2, 0.25) is 5.95 Å². The standard InChI is InChI=1S/C20H22N6O3/c21-9-10-25(15-5-7-16(8-6-15)26(27)28)19-17-3-1-2-4-18(17)22-20(23-19)24-11-13-29-14-12-24/h1-8H,9-14,21H2. The number of nitro benzene ring substituents is 1. The van der Waals surface area contributed by atoms with Crippen molar-refractivity contribution in [2.45, 2.75) is 0 Å². The number of nitrogens with two attached hydrogens (primary N) is 1. The number of hydrogen-bond donors (Lipinski definition) is 1. The Balaban J connectivity index is 1.82. The van der Waals surface area contributed by atoms with Gasteiger partial charge in [-0.15, -0.1) is 0 Å². The van der Waals surface area contributed by atoms with Crippen LogP contribution in [0.3, 0.4) is 0 Å². The molecule has 0 radical (unpaired) electrons. The second kappa shape index (κ2) is 8.38. The predicted octanol–water partition coefficient (Wildman–Crippen LogP) is 2.47. The largest absolute Gasteiger partial charge is 0.378 e. The Morgan fingerprint density at radius 1 is 1.10 bits per heavy atom. The zero-order chi connectivity index (χ0) is 20.2. The van der Waals surface area contributed by atoms with Gasteiger partial charge in [0.15, 0.2) is 0 Å². The maximum absolute atomic E-state index is 11.0. The number of nitro groups is 1. The summed E-state index contributed by atoms with van der Waals surface area (Å²) in [5.41, 5.74) is 7.56. The Bertz CT molecular complexity index is 1000. The van der Waals surface area contributed by atoms with E-state index in [9.17, 15) is 10.1 Å². The number of nitrogens with zero attached hydrogens (tertiary/aromatic N) is 5. The normalized spacial score (nSPS) is 14.2. The molecule has 150 valence electrons. The topological polar surface area (TPSA) is 111 Å². The Hall–Kier alpha value is -3.30. The van der Waals surface area contributed by atoms with Crippen LogP contribution in [0.25, 0.3) is 10.9 Å². The summed E-state index contributed by atoms with van der Waals surface area (Å²) in [4.78, 5) is 24.3. The number of non-ortho nitro benzene ring substituents is 1. The number of anilines is 3. The summed E-state index contributed by atoms with van der Waals surface area (Å²) in [6.07, 6.45) is 0. The summed E-state index contributed by atoms with van der Waals surface area (Å²) < 4.78 is 5.45. The number of aromatic nitrogens is 2. The molecule has 1 aliphatic rings. The molecule has 0 spiro atoms. The molecule has 1 aliphatic heterocycles. The molecule has 0 unspecified atom stereocenters. The van der Waals surface area contributed by atoms with Crippen molar-refractivity contribution in [3.8, 4) is 0 Å². The van der Waals surface area contributed by atoms with Crippen molar-refractivity contribution in [1.29, 1.82) is 0 Å². The van der Waals surface area contributed by atoms with Gasteiger partial charge < -0.3 is 20.3 Å². The Morgan fingerprint density at radius 3 is 2.52 bits per heavy atom. The molecule has 3 aromatic rings. The number of morpholine rings is 1. The lowest BCUT2D eigenvalue weighted by atomic mass is 10.2.